The minimum atomic E-state index is 1.24. The largest absolute Gasteiger partial charge is 0.0616 e. The highest BCUT2D eigenvalue weighted by Crippen LogP contribution is 2.60. The Labute approximate surface area is 402 Å². The van der Waals surface area contributed by atoms with E-state index in [1.54, 1.807) is 0 Å². The number of rotatable bonds is 2. The van der Waals surface area contributed by atoms with Gasteiger partial charge in [0.1, 0.15) is 0 Å². The van der Waals surface area contributed by atoms with E-state index in [-0.39, 0.29) is 0 Å². The second-order valence-electron chi connectivity index (χ2n) is 19.8. The van der Waals surface area contributed by atoms with E-state index in [1.807, 2.05) is 0 Å². The first-order valence-corrected chi connectivity index (χ1v) is 24.6. The van der Waals surface area contributed by atoms with Crippen molar-refractivity contribution in [2.75, 3.05) is 0 Å². The van der Waals surface area contributed by atoms with E-state index in [1.165, 1.54) is 174 Å². The van der Waals surface area contributed by atoms with Crippen LogP contribution in [0.3, 0.4) is 0 Å². The summed E-state index contributed by atoms with van der Waals surface area (Å²) in [6.07, 6.45) is 0. The first-order valence-electron chi connectivity index (χ1n) is 24.6. The predicted molar refractivity (Wildman–Crippen MR) is 301 cm³/mol. The molecule has 0 heteroatoms. The molecule has 0 heterocycles. The molecule has 2 aliphatic carbocycles. The maximum Gasteiger partial charge on any atom is -0.000718 e. The van der Waals surface area contributed by atoms with Gasteiger partial charge in [-0.15, -0.1) is 0 Å². The van der Waals surface area contributed by atoms with Gasteiger partial charge in [-0.1, -0.05) is 200 Å². The molecular weight excluding hydrogens is 841 g/mol. The third-order valence-electron chi connectivity index (χ3n) is 16.4. The van der Waals surface area contributed by atoms with Gasteiger partial charge >= 0.3 is 0 Å². The maximum absolute atomic E-state index is 2.50. The molecule has 0 aromatic heterocycles. The zero-order valence-electron chi connectivity index (χ0n) is 37.9. The van der Waals surface area contributed by atoms with Gasteiger partial charge in [-0.25, -0.2) is 0 Å². The Kier molecular flexibility index (Phi) is 7.03. The Morgan fingerprint density at radius 2 is 0.586 bits per heavy atom. The molecule has 0 unspecified atom stereocenters. The van der Waals surface area contributed by atoms with Gasteiger partial charge in [0.05, 0.1) is 0 Å². The number of hydrogen-bond donors (Lipinski definition) is 0. The molecule has 0 spiro atoms. The lowest BCUT2D eigenvalue weighted by atomic mass is 9.80. The average Bonchev–Trinajstić information content (AvgIpc) is 3.92. The van der Waals surface area contributed by atoms with E-state index < -0.39 is 0 Å². The molecule has 0 N–H and O–H groups in total. The van der Waals surface area contributed by atoms with Gasteiger partial charge in [0.25, 0.3) is 0 Å². The van der Waals surface area contributed by atoms with Crippen LogP contribution < -0.4 is 0 Å². The molecule has 0 atom stereocenters. The fourth-order valence-corrected chi connectivity index (χ4v) is 13.4. The Morgan fingerprint density at radius 1 is 0.157 bits per heavy atom. The number of hydrogen-bond acceptors (Lipinski definition) is 0. The summed E-state index contributed by atoms with van der Waals surface area (Å²) in [6, 6.07) is 88.1. The monoisotopic (exact) mass is 878 g/mol. The average molecular weight is 879 g/mol. The fraction of sp³-hybridized carbons (Fsp3) is 0. The van der Waals surface area contributed by atoms with E-state index >= 15 is 0 Å². The van der Waals surface area contributed by atoms with Crippen molar-refractivity contribution in [1.29, 1.82) is 0 Å². The summed E-state index contributed by atoms with van der Waals surface area (Å²) in [5.41, 5.74) is 15.6. The van der Waals surface area contributed by atoms with Crippen LogP contribution in [-0.4, -0.2) is 0 Å². The maximum atomic E-state index is 2.50. The quantitative estimate of drug-likeness (QED) is 0.152. The molecule has 0 saturated heterocycles. The van der Waals surface area contributed by atoms with Gasteiger partial charge in [-0.3, -0.25) is 0 Å². The van der Waals surface area contributed by atoms with Crippen LogP contribution in [0.1, 0.15) is 0 Å². The molecule has 0 nitrogen and oxygen atoms in total. The standard InChI is InChI=1S/C70H38/c1-4-15-48-39(10-1)22-24-41-26-28-46(36-58(41)48)65-57-33-32-51-55(31-30-45-34-61-53-18-7-13-43-14-8-19-54(64(43)53)62(61)38-60(45)51)68(57)66(47-29-27-42-25-23-40-11-2-5-16-49(40)59(42)37-47)69-56-21-9-20-52-50-17-6-3-12-44(50)35-63(67(52)56)70(65)69/h1-38H. The summed E-state index contributed by atoms with van der Waals surface area (Å²) in [7, 11) is 0. The van der Waals surface area contributed by atoms with Crippen LogP contribution in [0.5, 0.6) is 0 Å². The van der Waals surface area contributed by atoms with Gasteiger partial charge < -0.3 is 0 Å². The number of benzene rings is 15. The molecule has 318 valence electrons. The highest BCUT2D eigenvalue weighted by Gasteiger charge is 2.33. The molecule has 0 amide bonds. The molecule has 0 radical (unpaired) electrons. The van der Waals surface area contributed by atoms with Crippen LogP contribution in [0.15, 0.2) is 231 Å². The van der Waals surface area contributed by atoms with Crippen LogP contribution >= 0.6 is 0 Å². The first kappa shape index (κ1) is 37.0. The lowest BCUT2D eigenvalue weighted by Gasteiger charge is -2.23. The van der Waals surface area contributed by atoms with Crippen LogP contribution in [0.25, 0.3) is 174 Å². The summed E-state index contributed by atoms with van der Waals surface area (Å²) in [6.45, 7) is 0. The van der Waals surface area contributed by atoms with Gasteiger partial charge in [0.2, 0.25) is 0 Å². The van der Waals surface area contributed by atoms with E-state index in [0.717, 1.165) is 0 Å². The summed E-state index contributed by atoms with van der Waals surface area (Å²) in [4.78, 5) is 0. The zero-order valence-corrected chi connectivity index (χ0v) is 37.9. The Hall–Kier alpha value is -9.10. The predicted octanol–water partition coefficient (Wildman–Crippen LogP) is 19.8. The molecule has 0 bridgehead atoms. The van der Waals surface area contributed by atoms with Crippen molar-refractivity contribution in [2.24, 2.45) is 0 Å². The third-order valence-corrected chi connectivity index (χ3v) is 16.4. The van der Waals surface area contributed by atoms with Crippen molar-refractivity contribution in [3.63, 3.8) is 0 Å². The van der Waals surface area contributed by atoms with Crippen molar-refractivity contribution >= 4 is 108 Å². The van der Waals surface area contributed by atoms with Gasteiger partial charge in [-0.2, -0.15) is 0 Å². The molecule has 0 fully saturated rings. The topological polar surface area (TPSA) is 0 Å². The normalized spacial score (nSPS) is 12.6. The van der Waals surface area contributed by atoms with E-state index in [9.17, 15) is 0 Å². The Bertz CT molecular complexity index is 4930. The highest BCUT2D eigenvalue weighted by molar-refractivity contribution is 6.35. The minimum absolute atomic E-state index is 1.24. The zero-order chi connectivity index (χ0) is 45.3. The van der Waals surface area contributed by atoms with Crippen molar-refractivity contribution in [3.8, 4) is 66.8 Å². The van der Waals surface area contributed by atoms with Crippen molar-refractivity contribution in [1.82, 2.24) is 0 Å². The van der Waals surface area contributed by atoms with Gasteiger partial charge in [-0.05, 0) is 205 Å². The SMILES string of the molecule is c1cc2c3c(cccc3c1)-c1cc3c(ccc4c3ccc3c(-c5ccc6ccc7ccccc7c6c5)c5c(c(-c6ccc7ccc8ccccc8c7c6)c34)-c3cccc4c3c-5cc3ccccc34)cc1-2. The third kappa shape index (κ3) is 4.75. The summed E-state index contributed by atoms with van der Waals surface area (Å²) >= 11 is 0. The Balaban J connectivity index is 1.08. The van der Waals surface area contributed by atoms with E-state index in [4.69, 9.17) is 0 Å². The number of fused-ring (bicyclic) bond motifs is 19. The molecule has 15 aromatic rings. The van der Waals surface area contributed by atoms with Crippen molar-refractivity contribution < 1.29 is 0 Å². The second-order valence-corrected chi connectivity index (χ2v) is 19.8. The van der Waals surface area contributed by atoms with Crippen LogP contribution in [0.2, 0.25) is 0 Å². The van der Waals surface area contributed by atoms with Crippen LogP contribution in [0.4, 0.5) is 0 Å². The molecule has 0 aliphatic heterocycles. The fourth-order valence-electron chi connectivity index (χ4n) is 13.4. The second kappa shape index (κ2) is 13.3. The highest BCUT2D eigenvalue weighted by atomic mass is 14.3. The molecule has 2 aliphatic rings. The lowest BCUT2D eigenvalue weighted by Crippen LogP contribution is -1.95. The summed E-state index contributed by atoms with van der Waals surface area (Å²) in [5.74, 6) is 0. The molecule has 17 rings (SSSR count). The van der Waals surface area contributed by atoms with E-state index in [2.05, 4.69) is 231 Å². The van der Waals surface area contributed by atoms with Crippen LogP contribution in [-0.2, 0) is 0 Å². The first-order chi connectivity index (χ1) is 34.7. The molecule has 15 aromatic carbocycles. The van der Waals surface area contributed by atoms with Gasteiger partial charge in [0.15, 0.2) is 0 Å². The Morgan fingerprint density at radius 3 is 1.29 bits per heavy atom. The van der Waals surface area contributed by atoms with Crippen molar-refractivity contribution in [3.05, 3.63) is 231 Å². The molecule has 70 heavy (non-hydrogen) atoms. The minimum Gasteiger partial charge on any atom is -0.0616 e. The summed E-state index contributed by atoms with van der Waals surface area (Å²) < 4.78 is 0. The van der Waals surface area contributed by atoms with Gasteiger partial charge in [0, 0.05) is 0 Å². The van der Waals surface area contributed by atoms with Crippen LogP contribution in [0, 0.1) is 0 Å². The lowest BCUT2D eigenvalue weighted by molar-refractivity contribution is 1.67. The van der Waals surface area contributed by atoms with Crippen molar-refractivity contribution in [2.45, 2.75) is 0 Å². The summed E-state index contributed by atoms with van der Waals surface area (Å²) in [5, 5.41) is 25.7. The van der Waals surface area contributed by atoms with E-state index in [0.29, 0.717) is 0 Å². The molecule has 0 saturated carbocycles. The molecular formula is C70H38. The smallest absolute Gasteiger partial charge is 0.000718 e.